The molecule has 2 heterocycles. The third kappa shape index (κ3) is 3.06. The average Bonchev–Trinajstić information content (AvgIpc) is 2.85. The second-order valence-electron chi connectivity index (χ2n) is 3.93. The molecule has 0 unspecified atom stereocenters. The maximum absolute atomic E-state index is 12.3. The molecule has 2 rings (SSSR count). The Kier molecular flexibility index (Phi) is 4.10. The van der Waals surface area contributed by atoms with E-state index in [-0.39, 0.29) is 15.7 Å². The third-order valence-electron chi connectivity index (χ3n) is 2.54. The number of hydrogen-bond acceptors (Lipinski definition) is 5. The van der Waals surface area contributed by atoms with Crippen molar-refractivity contribution in [1.29, 1.82) is 0 Å². The van der Waals surface area contributed by atoms with Crippen LogP contribution in [0.15, 0.2) is 34.0 Å². The van der Waals surface area contributed by atoms with Gasteiger partial charge in [0.1, 0.15) is 10.7 Å². The summed E-state index contributed by atoms with van der Waals surface area (Å²) >= 11 is 7.32. The minimum absolute atomic E-state index is 0.0319. The van der Waals surface area contributed by atoms with E-state index in [0.717, 1.165) is 5.56 Å². The van der Waals surface area contributed by atoms with Crippen molar-refractivity contribution in [2.75, 3.05) is 12.8 Å². The van der Waals surface area contributed by atoms with Crippen LogP contribution >= 0.6 is 22.9 Å². The molecular weight excluding hydrogens is 306 g/mol. The van der Waals surface area contributed by atoms with Crippen molar-refractivity contribution in [1.82, 2.24) is 9.29 Å². The number of nitrogen functional groups attached to an aromatic ring is 1. The van der Waals surface area contributed by atoms with Crippen LogP contribution in [0.1, 0.15) is 5.56 Å². The minimum atomic E-state index is -3.62. The van der Waals surface area contributed by atoms with Crippen LogP contribution in [0.3, 0.4) is 0 Å². The highest BCUT2D eigenvalue weighted by molar-refractivity contribution is 7.89. The maximum atomic E-state index is 12.3. The Bertz CT molecular complexity index is 671. The van der Waals surface area contributed by atoms with Crippen molar-refractivity contribution in [2.45, 2.75) is 11.4 Å². The summed E-state index contributed by atoms with van der Waals surface area (Å²) < 4.78 is 25.9. The average molecular weight is 318 g/mol. The van der Waals surface area contributed by atoms with Gasteiger partial charge in [0.15, 0.2) is 0 Å². The fourth-order valence-corrected chi connectivity index (χ4v) is 3.50. The van der Waals surface area contributed by atoms with Crippen LogP contribution in [0.4, 0.5) is 5.82 Å². The highest BCUT2D eigenvalue weighted by Gasteiger charge is 2.22. The van der Waals surface area contributed by atoms with Crippen molar-refractivity contribution >= 4 is 38.8 Å². The summed E-state index contributed by atoms with van der Waals surface area (Å²) in [6, 6.07) is 3.19. The maximum Gasteiger partial charge on any atom is 0.244 e. The van der Waals surface area contributed by atoms with Gasteiger partial charge in [0.2, 0.25) is 10.0 Å². The van der Waals surface area contributed by atoms with Crippen LogP contribution < -0.4 is 5.73 Å². The van der Waals surface area contributed by atoms with Gasteiger partial charge < -0.3 is 5.73 Å². The lowest BCUT2D eigenvalue weighted by Crippen LogP contribution is -2.26. The predicted octanol–water partition coefficient (Wildman–Crippen LogP) is 2.20. The van der Waals surface area contributed by atoms with Crippen LogP contribution in [0, 0.1) is 0 Å². The lowest BCUT2D eigenvalue weighted by atomic mass is 10.3. The van der Waals surface area contributed by atoms with Crippen molar-refractivity contribution in [3.8, 4) is 0 Å². The van der Waals surface area contributed by atoms with Crippen molar-refractivity contribution in [3.63, 3.8) is 0 Å². The van der Waals surface area contributed by atoms with Crippen molar-refractivity contribution < 1.29 is 8.42 Å². The molecule has 0 saturated heterocycles. The van der Waals surface area contributed by atoms with E-state index in [9.17, 15) is 8.42 Å². The normalized spacial score (nSPS) is 11.9. The Hall–Kier alpha value is -1.15. The molecule has 0 aliphatic rings. The first-order chi connectivity index (χ1) is 8.91. The predicted molar refractivity (Wildman–Crippen MR) is 76.6 cm³/mol. The van der Waals surface area contributed by atoms with E-state index in [1.54, 1.807) is 0 Å². The smallest absolute Gasteiger partial charge is 0.244 e. The number of thiophene rings is 1. The molecule has 2 aromatic rings. The molecule has 0 atom stereocenters. The molecule has 0 aromatic carbocycles. The van der Waals surface area contributed by atoms with E-state index in [1.807, 2.05) is 16.8 Å². The number of pyridine rings is 1. The van der Waals surface area contributed by atoms with Crippen LogP contribution in [-0.4, -0.2) is 24.8 Å². The molecule has 0 spiro atoms. The zero-order chi connectivity index (χ0) is 14.0. The Morgan fingerprint density at radius 1 is 1.53 bits per heavy atom. The third-order valence-corrected chi connectivity index (χ3v) is 5.34. The Balaban J connectivity index is 2.28. The molecule has 0 saturated carbocycles. The van der Waals surface area contributed by atoms with E-state index in [1.165, 1.54) is 35.0 Å². The Labute approximate surface area is 120 Å². The van der Waals surface area contributed by atoms with Gasteiger partial charge in [-0.05, 0) is 28.5 Å². The SMILES string of the molecule is CN(Cc1ccsc1)S(=O)(=O)c1cnc(N)c(Cl)c1. The number of sulfonamides is 1. The van der Waals surface area contributed by atoms with E-state index < -0.39 is 10.0 Å². The standard InChI is InChI=1S/C11H12ClN3O2S2/c1-15(6-8-2-3-18-7-8)19(16,17)9-4-10(12)11(13)14-5-9/h2-5,7H,6H2,1H3,(H2,13,14). The number of aromatic nitrogens is 1. The molecule has 2 aromatic heterocycles. The summed E-state index contributed by atoms with van der Waals surface area (Å²) in [6.07, 6.45) is 1.21. The first kappa shape index (κ1) is 14.3. The van der Waals surface area contributed by atoms with E-state index in [0.29, 0.717) is 6.54 Å². The van der Waals surface area contributed by atoms with Gasteiger partial charge in [0.05, 0.1) is 5.02 Å². The molecule has 0 radical (unpaired) electrons. The van der Waals surface area contributed by atoms with Crippen LogP contribution in [0.2, 0.25) is 5.02 Å². The number of rotatable bonds is 4. The van der Waals surface area contributed by atoms with Crippen LogP contribution in [0.25, 0.3) is 0 Å². The highest BCUT2D eigenvalue weighted by atomic mass is 35.5. The van der Waals surface area contributed by atoms with Gasteiger partial charge in [-0.15, -0.1) is 0 Å². The van der Waals surface area contributed by atoms with Gasteiger partial charge in [-0.25, -0.2) is 13.4 Å². The van der Waals surface area contributed by atoms with Crippen LogP contribution in [0.5, 0.6) is 0 Å². The Morgan fingerprint density at radius 3 is 2.84 bits per heavy atom. The molecule has 0 amide bonds. The van der Waals surface area contributed by atoms with Gasteiger partial charge in [-0.2, -0.15) is 15.6 Å². The largest absolute Gasteiger partial charge is 0.382 e. The van der Waals surface area contributed by atoms with Crippen molar-refractivity contribution in [2.24, 2.45) is 0 Å². The van der Waals surface area contributed by atoms with Gasteiger partial charge in [-0.1, -0.05) is 11.6 Å². The fraction of sp³-hybridized carbons (Fsp3) is 0.182. The Morgan fingerprint density at radius 2 is 2.26 bits per heavy atom. The summed E-state index contributed by atoms with van der Waals surface area (Å²) in [7, 11) is -2.11. The molecule has 0 aliphatic carbocycles. The first-order valence-corrected chi connectivity index (χ1v) is 8.06. The molecule has 8 heteroatoms. The van der Waals surface area contributed by atoms with Gasteiger partial charge >= 0.3 is 0 Å². The summed E-state index contributed by atoms with van der Waals surface area (Å²) in [5.74, 6) is 0.112. The van der Waals surface area contributed by atoms with Crippen molar-refractivity contribution in [3.05, 3.63) is 39.7 Å². The van der Waals surface area contributed by atoms with E-state index in [2.05, 4.69) is 4.98 Å². The molecule has 19 heavy (non-hydrogen) atoms. The molecule has 0 aliphatic heterocycles. The summed E-state index contributed by atoms with van der Waals surface area (Å²) in [5.41, 5.74) is 6.40. The summed E-state index contributed by atoms with van der Waals surface area (Å²) in [5, 5.41) is 3.93. The molecule has 0 bridgehead atoms. The lowest BCUT2D eigenvalue weighted by molar-refractivity contribution is 0.467. The molecule has 0 fully saturated rings. The zero-order valence-electron chi connectivity index (χ0n) is 10.1. The van der Waals surface area contributed by atoms with Gasteiger partial charge in [0.25, 0.3) is 0 Å². The summed E-state index contributed by atoms with van der Waals surface area (Å²) in [4.78, 5) is 3.80. The number of nitrogens with zero attached hydrogens (tertiary/aromatic N) is 2. The van der Waals surface area contributed by atoms with E-state index in [4.69, 9.17) is 17.3 Å². The monoisotopic (exact) mass is 317 g/mol. The lowest BCUT2D eigenvalue weighted by Gasteiger charge is -2.16. The van der Waals surface area contributed by atoms with Gasteiger partial charge in [-0.3, -0.25) is 0 Å². The quantitative estimate of drug-likeness (QED) is 0.938. The fourth-order valence-electron chi connectivity index (χ4n) is 1.48. The number of anilines is 1. The number of hydrogen-bond donors (Lipinski definition) is 1. The topological polar surface area (TPSA) is 76.3 Å². The minimum Gasteiger partial charge on any atom is -0.382 e. The first-order valence-electron chi connectivity index (χ1n) is 5.29. The van der Waals surface area contributed by atoms with E-state index >= 15 is 0 Å². The molecular formula is C11H12ClN3O2S2. The second kappa shape index (κ2) is 5.46. The number of nitrogens with two attached hydrogens (primary N) is 1. The molecule has 2 N–H and O–H groups in total. The molecule has 5 nitrogen and oxygen atoms in total. The molecule has 102 valence electrons. The highest BCUT2D eigenvalue weighted by Crippen LogP contribution is 2.23. The zero-order valence-corrected chi connectivity index (χ0v) is 12.5. The van der Waals surface area contributed by atoms with Crippen LogP contribution in [-0.2, 0) is 16.6 Å². The second-order valence-corrected chi connectivity index (χ2v) is 7.16. The van der Waals surface area contributed by atoms with Gasteiger partial charge in [0, 0.05) is 19.8 Å². The number of halogens is 1. The summed E-state index contributed by atoms with van der Waals surface area (Å²) in [6.45, 7) is 0.299.